The number of ether oxygens (including phenoxy) is 1. The molecule has 2 heterocycles. The molecule has 1 atom stereocenters. The molecule has 0 aliphatic carbocycles. The van der Waals surface area contributed by atoms with E-state index in [-0.39, 0.29) is 11.9 Å². The Hall–Kier alpha value is -3.12. The fourth-order valence-corrected chi connectivity index (χ4v) is 3.70. The van der Waals surface area contributed by atoms with Gasteiger partial charge < -0.3 is 15.0 Å². The summed E-state index contributed by atoms with van der Waals surface area (Å²) in [5.41, 5.74) is 3.29. The van der Waals surface area contributed by atoms with E-state index in [1.165, 1.54) is 6.33 Å². The smallest absolute Gasteiger partial charge is 0.256 e. The Kier molecular flexibility index (Phi) is 4.88. The van der Waals surface area contributed by atoms with Crippen molar-refractivity contribution >= 4 is 29.0 Å². The summed E-state index contributed by atoms with van der Waals surface area (Å²) in [4.78, 5) is 22.9. The number of halogens is 1. The van der Waals surface area contributed by atoms with Gasteiger partial charge in [0.15, 0.2) is 0 Å². The molecule has 7 heteroatoms. The zero-order chi connectivity index (χ0) is 19.7. The van der Waals surface area contributed by atoms with Crippen molar-refractivity contribution in [1.82, 2.24) is 14.9 Å². The molecular weight excluding hydrogens is 376 g/mol. The van der Waals surface area contributed by atoms with Crippen LogP contribution in [-0.4, -0.2) is 27.9 Å². The van der Waals surface area contributed by atoms with E-state index in [1.54, 1.807) is 25.4 Å². The molecule has 0 saturated heterocycles. The van der Waals surface area contributed by atoms with Crippen LogP contribution >= 0.6 is 11.6 Å². The number of fused-ring (bicyclic) bond motifs is 1. The van der Waals surface area contributed by atoms with Crippen LogP contribution in [0.1, 0.15) is 34.5 Å². The summed E-state index contributed by atoms with van der Waals surface area (Å²) in [5, 5.41) is 3.64. The molecule has 1 aromatic heterocycles. The lowest BCUT2D eigenvalue weighted by atomic mass is 10.0. The second-order valence-corrected chi connectivity index (χ2v) is 7.01. The van der Waals surface area contributed by atoms with Crippen LogP contribution in [-0.2, 0) is 6.54 Å². The monoisotopic (exact) mass is 394 g/mol. The summed E-state index contributed by atoms with van der Waals surface area (Å²) in [6.07, 6.45) is 3.13. The van der Waals surface area contributed by atoms with Gasteiger partial charge in [0, 0.05) is 18.4 Å². The zero-order valence-electron chi connectivity index (χ0n) is 15.5. The molecule has 1 aliphatic heterocycles. The van der Waals surface area contributed by atoms with Crippen molar-refractivity contribution in [2.45, 2.75) is 19.5 Å². The highest BCUT2D eigenvalue weighted by atomic mass is 35.5. The summed E-state index contributed by atoms with van der Waals surface area (Å²) in [7, 11) is 1.63. The molecule has 1 N–H and O–H groups in total. The third kappa shape index (κ3) is 3.39. The van der Waals surface area contributed by atoms with E-state index in [4.69, 9.17) is 16.3 Å². The average Bonchev–Trinajstić information content (AvgIpc) is 2.94. The lowest BCUT2D eigenvalue weighted by Crippen LogP contribution is -2.26. The van der Waals surface area contributed by atoms with Crippen molar-refractivity contribution in [3.8, 4) is 5.75 Å². The van der Waals surface area contributed by atoms with Gasteiger partial charge in [0.2, 0.25) is 0 Å². The Morgan fingerprint density at radius 1 is 1.21 bits per heavy atom. The maximum atomic E-state index is 13.0. The number of hydrogen-bond acceptors (Lipinski definition) is 5. The van der Waals surface area contributed by atoms with E-state index < -0.39 is 0 Å². The Balaban J connectivity index is 1.60. The van der Waals surface area contributed by atoms with Gasteiger partial charge in [-0.05, 0) is 48.4 Å². The highest BCUT2D eigenvalue weighted by molar-refractivity contribution is 6.34. The van der Waals surface area contributed by atoms with Gasteiger partial charge in [0.05, 0.1) is 23.7 Å². The molecule has 0 spiro atoms. The SMILES string of the molecule is COc1ccc(CN2C(=O)c3c(Cl)cc(Nc4ccncn4)cc3C2C)cc1. The molecule has 0 bridgehead atoms. The number of amides is 1. The first kappa shape index (κ1) is 18.3. The Bertz CT molecular complexity index is 1010. The number of aromatic nitrogens is 2. The number of methoxy groups -OCH3 is 1. The largest absolute Gasteiger partial charge is 0.497 e. The van der Waals surface area contributed by atoms with E-state index >= 15 is 0 Å². The van der Waals surface area contributed by atoms with E-state index in [0.29, 0.717) is 22.9 Å². The first-order valence-electron chi connectivity index (χ1n) is 8.87. The van der Waals surface area contributed by atoms with Crippen molar-refractivity contribution in [3.63, 3.8) is 0 Å². The van der Waals surface area contributed by atoms with Gasteiger partial charge in [0.1, 0.15) is 17.9 Å². The summed E-state index contributed by atoms with van der Waals surface area (Å²) < 4.78 is 5.20. The van der Waals surface area contributed by atoms with Crippen molar-refractivity contribution in [2.24, 2.45) is 0 Å². The van der Waals surface area contributed by atoms with Gasteiger partial charge in [-0.25, -0.2) is 9.97 Å². The van der Waals surface area contributed by atoms with E-state index in [1.807, 2.05) is 42.2 Å². The van der Waals surface area contributed by atoms with Gasteiger partial charge in [-0.2, -0.15) is 0 Å². The third-order valence-corrected chi connectivity index (χ3v) is 5.18. The van der Waals surface area contributed by atoms with Gasteiger partial charge in [0.25, 0.3) is 5.91 Å². The summed E-state index contributed by atoms with van der Waals surface area (Å²) in [6, 6.07) is 13.1. The van der Waals surface area contributed by atoms with Crippen LogP contribution in [0.25, 0.3) is 0 Å². The predicted molar refractivity (Wildman–Crippen MR) is 108 cm³/mol. The maximum absolute atomic E-state index is 13.0. The first-order chi connectivity index (χ1) is 13.6. The van der Waals surface area contributed by atoms with Crippen LogP contribution in [0.2, 0.25) is 5.02 Å². The van der Waals surface area contributed by atoms with Crippen molar-refractivity contribution in [1.29, 1.82) is 0 Å². The minimum Gasteiger partial charge on any atom is -0.497 e. The topological polar surface area (TPSA) is 67.3 Å². The lowest BCUT2D eigenvalue weighted by molar-refractivity contribution is 0.0723. The normalized spacial score (nSPS) is 15.5. The maximum Gasteiger partial charge on any atom is 0.256 e. The molecule has 28 heavy (non-hydrogen) atoms. The second-order valence-electron chi connectivity index (χ2n) is 6.60. The molecule has 142 valence electrons. The summed E-state index contributed by atoms with van der Waals surface area (Å²) in [6.45, 7) is 2.52. The summed E-state index contributed by atoms with van der Waals surface area (Å²) in [5.74, 6) is 1.39. The number of rotatable bonds is 5. The minimum atomic E-state index is -0.0887. The van der Waals surface area contributed by atoms with Gasteiger partial charge in [-0.1, -0.05) is 23.7 Å². The van der Waals surface area contributed by atoms with Crippen LogP contribution in [0.3, 0.4) is 0 Å². The minimum absolute atomic E-state index is 0.0584. The van der Waals surface area contributed by atoms with Crippen LogP contribution in [0.5, 0.6) is 5.75 Å². The number of carbonyl (C=O) groups excluding carboxylic acids is 1. The first-order valence-corrected chi connectivity index (χ1v) is 9.25. The number of nitrogens with zero attached hydrogens (tertiary/aromatic N) is 3. The molecule has 3 aromatic rings. The second kappa shape index (κ2) is 7.48. The average molecular weight is 395 g/mol. The van der Waals surface area contributed by atoms with Crippen molar-refractivity contribution in [3.05, 3.63) is 76.7 Å². The van der Waals surface area contributed by atoms with Crippen molar-refractivity contribution in [2.75, 3.05) is 12.4 Å². The van der Waals surface area contributed by atoms with E-state index in [9.17, 15) is 4.79 Å². The predicted octanol–water partition coefficient (Wildman–Crippen LogP) is 4.60. The Labute approximate surface area is 168 Å². The Morgan fingerprint density at radius 2 is 2.00 bits per heavy atom. The number of hydrogen-bond donors (Lipinski definition) is 1. The van der Waals surface area contributed by atoms with E-state index in [2.05, 4.69) is 15.3 Å². The van der Waals surface area contributed by atoms with Crippen molar-refractivity contribution < 1.29 is 9.53 Å². The molecule has 0 radical (unpaired) electrons. The van der Waals surface area contributed by atoms with Gasteiger partial charge >= 0.3 is 0 Å². The molecule has 2 aromatic carbocycles. The fourth-order valence-electron chi connectivity index (χ4n) is 3.39. The highest BCUT2D eigenvalue weighted by Gasteiger charge is 2.36. The number of anilines is 2. The Morgan fingerprint density at radius 3 is 2.68 bits per heavy atom. The zero-order valence-corrected chi connectivity index (χ0v) is 16.3. The molecule has 1 amide bonds. The number of carbonyl (C=O) groups is 1. The molecule has 0 fully saturated rings. The molecule has 0 saturated carbocycles. The van der Waals surface area contributed by atoms with Gasteiger partial charge in [-0.15, -0.1) is 0 Å². The van der Waals surface area contributed by atoms with Gasteiger partial charge in [-0.3, -0.25) is 4.79 Å². The van der Waals surface area contributed by atoms with Crippen LogP contribution in [0, 0.1) is 0 Å². The molecule has 4 rings (SSSR count). The van der Waals surface area contributed by atoms with Crippen LogP contribution in [0.4, 0.5) is 11.5 Å². The molecule has 1 aliphatic rings. The summed E-state index contributed by atoms with van der Waals surface area (Å²) >= 11 is 6.47. The number of benzene rings is 2. The molecule has 1 unspecified atom stereocenters. The quantitative estimate of drug-likeness (QED) is 0.685. The highest BCUT2D eigenvalue weighted by Crippen LogP contribution is 2.40. The molecular formula is C21H19ClN4O2. The fraction of sp³-hybridized carbons (Fsp3) is 0.190. The number of nitrogens with one attached hydrogen (secondary N) is 1. The standard InChI is InChI=1S/C21H19ClN4O2/c1-13-17-9-15(25-19-7-8-23-12-24-19)10-18(22)20(17)21(27)26(13)11-14-3-5-16(28-2)6-4-14/h3-10,12-13H,11H2,1-2H3,(H,23,24,25). The third-order valence-electron chi connectivity index (χ3n) is 4.88. The molecule has 6 nitrogen and oxygen atoms in total. The van der Waals surface area contributed by atoms with E-state index in [0.717, 1.165) is 22.6 Å². The van der Waals surface area contributed by atoms with Crippen LogP contribution < -0.4 is 10.1 Å². The van der Waals surface area contributed by atoms with Crippen LogP contribution in [0.15, 0.2) is 55.0 Å². The lowest BCUT2D eigenvalue weighted by Gasteiger charge is -2.22.